The molecular formula is C20H17NO3. The van der Waals surface area contributed by atoms with Crippen LogP contribution in [0.2, 0.25) is 0 Å². The Balaban J connectivity index is 1.67. The van der Waals surface area contributed by atoms with Gasteiger partial charge < -0.3 is 15.2 Å². The van der Waals surface area contributed by atoms with Gasteiger partial charge in [0, 0.05) is 17.7 Å². The van der Waals surface area contributed by atoms with E-state index in [1.807, 2.05) is 36.4 Å². The molecule has 0 aliphatic rings. The Morgan fingerprint density at radius 1 is 0.875 bits per heavy atom. The second kappa shape index (κ2) is 7.33. The van der Waals surface area contributed by atoms with Gasteiger partial charge >= 0.3 is 0 Å². The van der Waals surface area contributed by atoms with Gasteiger partial charge in [-0.2, -0.15) is 0 Å². The maximum Gasteiger partial charge on any atom is 0.251 e. The Labute approximate surface area is 140 Å². The van der Waals surface area contributed by atoms with E-state index < -0.39 is 0 Å². The molecule has 0 heterocycles. The molecule has 2 N–H and O–H groups in total. The zero-order valence-corrected chi connectivity index (χ0v) is 13.0. The van der Waals surface area contributed by atoms with Crippen molar-refractivity contribution >= 4 is 5.91 Å². The summed E-state index contributed by atoms with van der Waals surface area (Å²) in [6.07, 6.45) is 0. The number of para-hydroxylation sites is 2. The smallest absolute Gasteiger partial charge is 0.251 e. The van der Waals surface area contributed by atoms with Crippen LogP contribution in [0.3, 0.4) is 0 Å². The number of carbonyl (C=O) groups is 1. The molecule has 1 amide bonds. The van der Waals surface area contributed by atoms with Crippen LogP contribution in [0.4, 0.5) is 0 Å². The Hall–Kier alpha value is -3.27. The molecule has 0 fully saturated rings. The molecule has 24 heavy (non-hydrogen) atoms. The van der Waals surface area contributed by atoms with Crippen molar-refractivity contribution in [3.05, 3.63) is 90.0 Å². The number of phenolic OH excluding ortho intramolecular Hbond substituents is 1. The van der Waals surface area contributed by atoms with E-state index >= 15 is 0 Å². The summed E-state index contributed by atoms with van der Waals surface area (Å²) in [4.78, 5) is 12.3. The third-order valence-electron chi connectivity index (χ3n) is 3.51. The first-order valence-corrected chi connectivity index (χ1v) is 7.60. The highest BCUT2D eigenvalue weighted by Crippen LogP contribution is 2.22. The van der Waals surface area contributed by atoms with Crippen molar-refractivity contribution in [2.75, 3.05) is 0 Å². The van der Waals surface area contributed by atoms with Crippen molar-refractivity contribution in [3.8, 4) is 17.2 Å². The zero-order chi connectivity index (χ0) is 16.8. The van der Waals surface area contributed by atoms with Gasteiger partial charge in [-0.15, -0.1) is 0 Å². The van der Waals surface area contributed by atoms with E-state index in [1.54, 1.807) is 42.5 Å². The summed E-state index contributed by atoms with van der Waals surface area (Å²) in [6.45, 7) is 0.259. The number of amides is 1. The third kappa shape index (κ3) is 3.93. The molecule has 0 saturated heterocycles. The van der Waals surface area contributed by atoms with Crippen LogP contribution in [0, 0.1) is 0 Å². The minimum atomic E-state index is -0.225. The van der Waals surface area contributed by atoms with E-state index in [-0.39, 0.29) is 18.2 Å². The first-order chi connectivity index (χ1) is 11.7. The number of phenols is 1. The van der Waals surface area contributed by atoms with Gasteiger partial charge in [0.05, 0.1) is 0 Å². The van der Waals surface area contributed by atoms with Gasteiger partial charge in [-0.25, -0.2) is 0 Å². The third-order valence-corrected chi connectivity index (χ3v) is 3.51. The highest BCUT2D eigenvalue weighted by molar-refractivity contribution is 5.94. The molecule has 0 radical (unpaired) electrons. The van der Waals surface area contributed by atoms with Gasteiger partial charge in [0.1, 0.15) is 17.2 Å². The average molecular weight is 319 g/mol. The molecule has 120 valence electrons. The summed E-state index contributed by atoms with van der Waals surface area (Å²) in [7, 11) is 0. The van der Waals surface area contributed by atoms with Crippen LogP contribution in [0.5, 0.6) is 17.2 Å². The van der Waals surface area contributed by atoms with Crippen LogP contribution < -0.4 is 10.1 Å². The molecule has 0 aliphatic carbocycles. The number of ether oxygens (including phenoxy) is 1. The number of hydrogen-bond donors (Lipinski definition) is 2. The van der Waals surface area contributed by atoms with Gasteiger partial charge in [-0.05, 0) is 36.4 Å². The monoisotopic (exact) mass is 319 g/mol. The maximum atomic E-state index is 12.3. The first-order valence-electron chi connectivity index (χ1n) is 7.60. The van der Waals surface area contributed by atoms with E-state index in [0.29, 0.717) is 22.6 Å². The predicted molar refractivity (Wildman–Crippen MR) is 92.2 cm³/mol. The summed E-state index contributed by atoms with van der Waals surface area (Å²) in [6, 6.07) is 23.3. The maximum absolute atomic E-state index is 12.3. The molecule has 0 bridgehead atoms. The molecule has 0 aromatic heterocycles. The quantitative estimate of drug-likeness (QED) is 0.744. The van der Waals surface area contributed by atoms with E-state index in [2.05, 4.69) is 5.32 Å². The Bertz CT molecular complexity index is 831. The van der Waals surface area contributed by atoms with Crippen molar-refractivity contribution < 1.29 is 14.6 Å². The van der Waals surface area contributed by atoms with Crippen molar-refractivity contribution in [3.63, 3.8) is 0 Å². The highest BCUT2D eigenvalue weighted by atomic mass is 16.5. The predicted octanol–water partition coefficient (Wildman–Crippen LogP) is 4.11. The summed E-state index contributed by atoms with van der Waals surface area (Å²) < 4.78 is 5.73. The molecule has 3 aromatic carbocycles. The van der Waals surface area contributed by atoms with Crippen LogP contribution in [0.25, 0.3) is 0 Å². The summed E-state index contributed by atoms with van der Waals surface area (Å²) in [5, 5.41) is 12.5. The molecule has 0 saturated carbocycles. The Morgan fingerprint density at radius 3 is 2.38 bits per heavy atom. The minimum absolute atomic E-state index is 0.166. The second-order valence-electron chi connectivity index (χ2n) is 5.25. The largest absolute Gasteiger partial charge is 0.508 e. The standard InChI is InChI=1S/C20H17NO3/c22-19-12-5-4-7-16(19)14-21-20(23)15-8-6-11-18(13-15)24-17-9-2-1-3-10-17/h1-13,22H,14H2,(H,21,23). The Morgan fingerprint density at radius 2 is 1.58 bits per heavy atom. The average Bonchev–Trinajstić information content (AvgIpc) is 2.62. The number of aromatic hydroxyl groups is 1. The number of benzene rings is 3. The molecule has 0 unspecified atom stereocenters. The zero-order valence-electron chi connectivity index (χ0n) is 13.0. The lowest BCUT2D eigenvalue weighted by Gasteiger charge is -2.09. The highest BCUT2D eigenvalue weighted by Gasteiger charge is 2.08. The number of rotatable bonds is 5. The van der Waals surface area contributed by atoms with E-state index in [1.165, 1.54) is 0 Å². The normalized spacial score (nSPS) is 10.2. The van der Waals surface area contributed by atoms with Gasteiger partial charge in [-0.3, -0.25) is 4.79 Å². The molecular weight excluding hydrogens is 302 g/mol. The molecule has 3 aromatic rings. The van der Waals surface area contributed by atoms with Crippen LogP contribution in [0.15, 0.2) is 78.9 Å². The summed E-state index contributed by atoms with van der Waals surface area (Å²) >= 11 is 0. The second-order valence-corrected chi connectivity index (χ2v) is 5.25. The van der Waals surface area contributed by atoms with Crippen molar-refractivity contribution in [1.82, 2.24) is 5.32 Å². The molecule has 4 nitrogen and oxygen atoms in total. The van der Waals surface area contributed by atoms with Crippen molar-refractivity contribution in [2.24, 2.45) is 0 Å². The van der Waals surface area contributed by atoms with E-state index in [0.717, 1.165) is 0 Å². The SMILES string of the molecule is O=C(NCc1ccccc1O)c1cccc(Oc2ccccc2)c1. The molecule has 0 aliphatic heterocycles. The summed E-state index contributed by atoms with van der Waals surface area (Å²) in [5.74, 6) is 1.25. The summed E-state index contributed by atoms with van der Waals surface area (Å²) in [5.41, 5.74) is 1.17. The van der Waals surface area contributed by atoms with Crippen LogP contribution in [0.1, 0.15) is 15.9 Å². The molecule has 4 heteroatoms. The molecule has 0 spiro atoms. The number of carbonyl (C=O) groups excluding carboxylic acids is 1. The minimum Gasteiger partial charge on any atom is -0.508 e. The van der Waals surface area contributed by atoms with Gasteiger partial charge in [0.2, 0.25) is 0 Å². The first kappa shape index (κ1) is 15.6. The van der Waals surface area contributed by atoms with Crippen molar-refractivity contribution in [1.29, 1.82) is 0 Å². The van der Waals surface area contributed by atoms with Crippen LogP contribution in [-0.4, -0.2) is 11.0 Å². The number of nitrogens with one attached hydrogen (secondary N) is 1. The van der Waals surface area contributed by atoms with Gasteiger partial charge in [-0.1, -0.05) is 42.5 Å². The Kier molecular flexibility index (Phi) is 4.77. The van der Waals surface area contributed by atoms with Gasteiger partial charge in [0.25, 0.3) is 5.91 Å². The lowest BCUT2D eigenvalue weighted by Crippen LogP contribution is -2.22. The molecule has 0 atom stereocenters. The van der Waals surface area contributed by atoms with Gasteiger partial charge in [0.15, 0.2) is 0 Å². The van der Waals surface area contributed by atoms with Crippen LogP contribution >= 0.6 is 0 Å². The van der Waals surface area contributed by atoms with E-state index in [9.17, 15) is 9.90 Å². The van der Waals surface area contributed by atoms with E-state index in [4.69, 9.17) is 4.74 Å². The fraction of sp³-hybridized carbons (Fsp3) is 0.0500. The fourth-order valence-corrected chi connectivity index (χ4v) is 2.26. The topological polar surface area (TPSA) is 58.6 Å². The van der Waals surface area contributed by atoms with Crippen molar-refractivity contribution in [2.45, 2.75) is 6.54 Å². The molecule has 3 rings (SSSR count). The number of hydrogen-bond acceptors (Lipinski definition) is 3. The lowest BCUT2D eigenvalue weighted by molar-refractivity contribution is 0.0950. The lowest BCUT2D eigenvalue weighted by atomic mass is 10.1. The fourth-order valence-electron chi connectivity index (χ4n) is 2.26. The van der Waals surface area contributed by atoms with Crippen LogP contribution in [-0.2, 0) is 6.54 Å².